The van der Waals surface area contributed by atoms with Crippen LogP contribution < -0.4 is 0 Å². The Labute approximate surface area is 241 Å². The van der Waals surface area contributed by atoms with E-state index in [4.69, 9.17) is 9.47 Å². The van der Waals surface area contributed by atoms with E-state index in [1.54, 1.807) is 0 Å². The average Bonchev–Trinajstić information content (AvgIpc) is 3.01. The van der Waals surface area contributed by atoms with E-state index in [0.29, 0.717) is 6.42 Å². The van der Waals surface area contributed by atoms with Crippen molar-refractivity contribution in [3.05, 3.63) is 108 Å². The first-order valence-corrected chi connectivity index (χ1v) is 15.3. The van der Waals surface area contributed by atoms with E-state index in [2.05, 4.69) is 6.92 Å². The molecule has 4 nitrogen and oxygen atoms in total. The number of esters is 1. The fraction of sp³-hybridized carbons (Fsp3) is 0.472. The van der Waals surface area contributed by atoms with Gasteiger partial charge in [-0.05, 0) is 23.1 Å². The Bertz CT molecular complexity index is 955. The van der Waals surface area contributed by atoms with E-state index in [9.17, 15) is 9.90 Å². The number of rotatable bonds is 20. The molecule has 0 aliphatic rings. The van der Waals surface area contributed by atoms with Crippen LogP contribution in [0.5, 0.6) is 0 Å². The third kappa shape index (κ3) is 9.91. The second-order valence-electron chi connectivity index (χ2n) is 10.7. The van der Waals surface area contributed by atoms with Crippen molar-refractivity contribution in [2.45, 2.75) is 95.7 Å². The second-order valence-corrected chi connectivity index (χ2v) is 10.7. The van der Waals surface area contributed by atoms with Crippen LogP contribution in [0.2, 0.25) is 0 Å². The van der Waals surface area contributed by atoms with Gasteiger partial charge in [0.15, 0.2) is 0 Å². The smallest absolute Gasteiger partial charge is 0.306 e. The van der Waals surface area contributed by atoms with Crippen molar-refractivity contribution in [2.75, 3.05) is 13.2 Å². The third-order valence-electron chi connectivity index (χ3n) is 7.51. The van der Waals surface area contributed by atoms with E-state index >= 15 is 0 Å². The molecule has 0 heterocycles. The molecule has 3 aromatic rings. The molecule has 1 N–H and O–H groups in total. The van der Waals surface area contributed by atoms with Crippen LogP contribution in [0.25, 0.3) is 0 Å². The first kappa shape index (κ1) is 31.6. The van der Waals surface area contributed by atoms with E-state index < -0.39 is 11.7 Å². The SMILES string of the molecule is CCCCCCCCCCCCCC(=O)OC(CO)COC(c1ccccc1)(c1ccccc1)c1ccccc1. The minimum Gasteiger partial charge on any atom is -0.457 e. The van der Waals surface area contributed by atoms with Gasteiger partial charge in [0.25, 0.3) is 0 Å². The van der Waals surface area contributed by atoms with Crippen molar-refractivity contribution in [1.29, 1.82) is 0 Å². The van der Waals surface area contributed by atoms with Gasteiger partial charge in [-0.15, -0.1) is 0 Å². The Kier molecular flexibility index (Phi) is 14.5. The van der Waals surface area contributed by atoms with Crippen LogP contribution in [0.15, 0.2) is 91.0 Å². The van der Waals surface area contributed by atoms with Crippen LogP contribution >= 0.6 is 0 Å². The molecule has 3 rings (SSSR count). The van der Waals surface area contributed by atoms with Gasteiger partial charge in [-0.3, -0.25) is 4.79 Å². The van der Waals surface area contributed by atoms with Crippen molar-refractivity contribution in [1.82, 2.24) is 0 Å². The Morgan fingerprint density at radius 1 is 0.650 bits per heavy atom. The summed E-state index contributed by atoms with van der Waals surface area (Å²) in [5.41, 5.74) is 1.99. The lowest BCUT2D eigenvalue weighted by molar-refractivity contribution is -0.157. The van der Waals surface area contributed by atoms with Gasteiger partial charge < -0.3 is 14.6 Å². The number of aliphatic hydroxyl groups excluding tert-OH is 1. The highest BCUT2D eigenvalue weighted by Crippen LogP contribution is 2.40. The number of hydrogen-bond donors (Lipinski definition) is 1. The van der Waals surface area contributed by atoms with Crippen LogP contribution in [-0.4, -0.2) is 30.4 Å². The molecule has 0 aliphatic carbocycles. The van der Waals surface area contributed by atoms with E-state index in [1.165, 1.54) is 51.4 Å². The van der Waals surface area contributed by atoms with Gasteiger partial charge in [0.2, 0.25) is 0 Å². The Hall–Kier alpha value is -2.95. The summed E-state index contributed by atoms with van der Waals surface area (Å²) in [6.07, 6.45) is 13.2. The van der Waals surface area contributed by atoms with Gasteiger partial charge in [-0.1, -0.05) is 162 Å². The summed E-state index contributed by atoms with van der Waals surface area (Å²) in [4.78, 5) is 12.6. The Morgan fingerprint density at radius 3 is 1.45 bits per heavy atom. The van der Waals surface area contributed by atoms with Crippen LogP contribution in [0.4, 0.5) is 0 Å². The fourth-order valence-corrected chi connectivity index (χ4v) is 5.29. The van der Waals surface area contributed by atoms with Gasteiger partial charge >= 0.3 is 5.97 Å². The molecule has 0 aromatic heterocycles. The zero-order valence-electron chi connectivity index (χ0n) is 24.3. The summed E-state index contributed by atoms with van der Waals surface area (Å²) in [6.45, 7) is 2.03. The lowest BCUT2D eigenvalue weighted by Gasteiger charge is -2.36. The second kappa shape index (κ2) is 18.4. The quantitative estimate of drug-likeness (QED) is 0.0879. The number of aliphatic hydroxyl groups is 1. The number of unbranched alkanes of at least 4 members (excludes halogenated alkanes) is 10. The Morgan fingerprint density at radius 2 is 1.05 bits per heavy atom. The number of ether oxygens (including phenoxy) is 2. The first-order chi connectivity index (χ1) is 19.7. The maximum absolute atomic E-state index is 12.6. The van der Waals surface area contributed by atoms with Crippen molar-refractivity contribution in [2.24, 2.45) is 0 Å². The first-order valence-electron chi connectivity index (χ1n) is 15.3. The maximum atomic E-state index is 12.6. The largest absolute Gasteiger partial charge is 0.457 e. The summed E-state index contributed by atoms with van der Waals surface area (Å²) in [5.74, 6) is -0.275. The molecule has 0 saturated carbocycles. The molecule has 0 fully saturated rings. The van der Waals surface area contributed by atoms with Crippen LogP contribution in [0.3, 0.4) is 0 Å². The van der Waals surface area contributed by atoms with Crippen molar-refractivity contribution < 1.29 is 19.4 Å². The normalized spacial score (nSPS) is 12.2. The van der Waals surface area contributed by atoms with Gasteiger partial charge in [0.05, 0.1) is 13.2 Å². The molecule has 1 atom stereocenters. The molecule has 1 unspecified atom stereocenters. The molecular formula is C36H48O4. The van der Waals surface area contributed by atoms with Crippen molar-refractivity contribution in [3.8, 4) is 0 Å². The van der Waals surface area contributed by atoms with Gasteiger partial charge in [-0.2, -0.15) is 0 Å². The molecule has 0 radical (unpaired) electrons. The summed E-state index contributed by atoms with van der Waals surface area (Å²) >= 11 is 0. The summed E-state index contributed by atoms with van der Waals surface area (Å²) < 4.78 is 12.4. The van der Waals surface area contributed by atoms with E-state index in [1.807, 2.05) is 91.0 Å². The fourth-order valence-electron chi connectivity index (χ4n) is 5.29. The number of hydrogen-bond acceptors (Lipinski definition) is 4. The highest BCUT2D eigenvalue weighted by Gasteiger charge is 2.38. The maximum Gasteiger partial charge on any atom is 0.306 e. The van der Waals surface area contributed by atoms with Gasteiger partial charge in [-0.25, -0.2) is 0 Å². The highest BCUT2D eigenvalue weighted by atomic mass is 16.6. The molecule has 0 bridgehead atoms. The molecule has 216 valence electrons. The summed E-state index contributed by atoms with van der Waals surface area (Å²) in [6, 6.07) is 30.2. The Balaban J connectivity index is 1.55. The molecule has 3 aromatic carbocycles. The predicted molar refractivity (Wildman–Crippen MR) is 163 cm³/mol. The lowest BCUT2D eigenvalue weighted by Crippen LogP contribution is -2.38. The molecule has 40 heavy (non-hydrogen) atoms. The molecule has 0 aliphatic heterocycles. The van der Waals surface area contributed by atoms with Crippen molar-refractivity contribution >= 4 is 5.97 Å². The van der Waals surface area contributed by atoms with Crippen molar-refractivity contribution in [3.63, 3.8) is 0 Å². The lowest BCUT2D eigenvalue weighted by atomic mass is 9.80. The standard InChI is InChI=1S/C36H48O4/c1-2-3-4-5-6-7-8-9-10-11-21-28-35(38)40-34(29-37)30-39-36(31-22-15-12-16-23-31,32-24-17-13-18-25-32)33-26-19-14-20-27-33/h12-20,22-27,34,37H,2-11,21,28-30H2,1H3. The van der Waals surface area contributed by atoms with E-state index in [0.717, 1.165) is 36.0 Å². The number of benzene rings is 3. The molecule has 4 heteroatoms. The minimum absolute atomic E-state index is 0.0686. The number of carbonyl (C=O) groups excluding carboxylic acids is 1. The predicted octanol–water partition coefficient (Wildman–Crippen LogP) is 8.60. The van der Waals surface area contributed by atoms with Crippen LogP contribution in [0, 0.1) is 0 Å². The molecular weight excluding hydrogens is 496 g/mol. The zero-order chi connectivity index (χ0) is 28.3. The zero-order valence-corrected chi connectivity index (χ0v) is 24.3. The topological polar surface area (TPSA) is 55.8 Å². The molecule has 0 spiro atoms. The minimum atomic E-state index is -0.917. The average molecular weight is 545 g/mol. The van der Waals surface area contributed by atoms with Crippen LogP contribution in [0.1, 0.15) is 101 Å². The number of carbonyl (C=O) groups is 1. The monoisotopic (exact) mass is 544 g/mol. The van der Waals surface area contributed by atoms with Gasteiger partial charge in [0.1, 0.15) is 11.7 Å². The summed E-state index contributed by atoms with van der Waals surface area (Å²) in [7, 11) is 0. The van der Waals surface area contributed by atoms with Gasteiger partial charge in [0, 0.05) is 6.42 Å². The van der Waals surface area contributed by atoms with Crippen LogP contribution in [-0.2, 0) is 19.9 Å². The highest BCUT2D eigenvalue weighted by molar-refractivity contribution is 5.69. The van der Waals surface area contributed by atoms with E-state index in [-0.39, 0.29) is 19.2 Å². The summed E-state index contributed by atoms with van der Waals surface area (Å²) in [5, 5.41) is 10.1. The third-order valence-corrected chi connectivity index (χ3v) is 7.51. The molecule has 0 amide bonds. The molecule has 0 saturated heterocycles.